The molecule has 0 spiro atoms. The third-order valence-corrected chi connectivity index (χ3v) is 3.49. The number of aliphatic imine (C=N–C) groups is 1. The van der Waals surface area contributed by atoms with E-state index in [4.69, 9.17) is 28.9 Å². The van der Waals surface area contributed by atoms with Gasteiger partial charge in [0.15, 0.2) is 5.96 Å². The second-order valence-electron chi connectivity index (χ2n) is 4.55. The summed E-state index contributed by atoms with van der Waals surface area (Å²) in [5, 5.41) is 4.30. The summed E-state index contributed by atoms with van der Waals surface area (Å²) in [7, 11) is 0. The Kier molecular flexibility index (Phi) is 7.92. The molecule has 2 aromatic rings. The summed E-state index contributed by atoms with van der Waals surface area (Å²) in [6, 6.07) is 11.0. The van der Waals surface area contributed by atoms with E-state index in [1.807, 2.05) is 31.2 Å². The van der Waals surface area contributed by atoms with Crippen molar-refractivity contribution in [1.29, 1.82) is 0 Å². The van der Waals surface area contributed by atoms with Gasteiger partial charge in [0, 0.05) is 16.2 Å². The number of hydrogen-bond donors (Lipinski definition) is 2. The zero-order valence-electron chi connectivity index (χ0n) is 12.0. The van der Waals surface area contributed by atoms with Crippen molar-refractivity contribution in [2.24, 2.45) is 10.7 Å². The largest absolute Gasteiger partial charge is 0.370 e. The van der Waals surface area contributed by atoms with E-state index in [1.54, 1.807) is 18.3 Å². The number of nitrogens with zero attached hydrogens (tertiary/aromatic N) is 2. The highest BCUT2D eigenvalue weighted by molar-refractivity contribution is 14.0. The van der Waals surface area contributed by atoms with Gasteiger partial charge in [-0.05, 0) is 36.8 Å². The number of aromatic nitrogens is 1. The maximum Gasteiger partial charge on any atom is 0.189 e. The molecule has 1 aromatic carbocycles. The fraction of sp³-hybridized carbons (Fsp3) is 0.200. The van der Waals surface area contributed by atoms with Crippen molar-refractivity contribution >= 4 is 53.1 Å². The number of nitrogens with two attached hydrogens (primary N) is 1. The standard InChI is InChI=1S/C15H16Cl2N4.HI/c1-10(13-6-5-11(16)8-14(13)17)21-15(18)20-9-12-4-2-3-7-19-12;/h2-8,10H,9H2,1H3,(H3,18,20,21);1H. The zero-order chi connectivity index (χ0) is 15.2. The lowest BCUT2D eigenvalue weighted by Gasteiger charge is -2.16. The molecule has 0 aliphatic rings. The molecule has 2 rings (SSSR count). The Morgan fingerprint density at radius 3 is 2.73 bits per heavy atom. The van der Waals surface area contributed by atoms with Crippen LogP contribution in [0.15, 0.2) is 47.6 Å². The molecule has 0 amide bonds. The van der Waals surface area contributed by atoms with Gasteiger partial charge in [-0.1, -0.05) is 35.3 Å². The van der Waals surface area contributed by atoms with Crippen LogP contribution in [-0.2, 0) is 6.54 Å². The normalized spacial score (nSPS) is 12.4. The van der Waals surface area contributed by atoms with Gasteiger partial charge in [0.25, 0.3) is 0 Å². The lowest BCUT2D eigenvalue weighted by atomic mass is 10.1. The first-order chi connectivity index (χ1) is 10.1. The van der Waals surface area contributed by atoms with Crippen molar-refractivity contribution in [1.82, 2.24) is 10.3 Å². The van der Waals surface area contributed by atoms with Crippen molar-refractivity contribution in [2.75, 3.05) is 0 Å². The van der Waals surface area contributed by atoms with E-state index in [0.29, 0.717) is 22.5 Å². The van der Waals surface area contributed by atoms with E-state index in [0.717, 1.165) is 11.3 Å². The van der Waals surface area contributed by atoms with Crippen LogP contribution >= 0.6 is 47.2 Å². The minimum Gasteiger partial charge on any atom is -0.370 e. The van der Waals surface area contributed by atoms with E-state index in [-0.39, 0.29) is 30.0 Å². The summed E-state index contributed by atoms with van der Waals surface area (Å²) in [6.45, 7) is 2.39. The molecule has 0 fully saturated rings. The number of halogens is 3. The minimum atomic E-state index is -0.0674. The lowest BCUT2D eigenvalue weighted by Crippen LogP contribution is -2.34. The van der Waals surface area contributed by atoms with E-state index in [9.17, 15) is 0 Å². The van der Waals surface area contributed by atoms with Crippen LogP contribution in [0.4, 0.5) is 0 Å². The summed E-state index contributed by atoms with van der Waals surface area (Å²) in [4.78, 5) is 8.44. The van der Waals surface area contributed by atoms with E-state index in [2.05, 4.69) is 15.3 Å². The fourth-order valence-electron chi connectivity index (χ4n) is 1.86. The highest BCUT2D eigenvalue weighted by Gasteiger charge is 2.10. The van der Waals surface area contributed by atoms with Crippen molar-refractivity contribution in [3.8, 4) is 0 Å². The lowest BCUT2D eigenvalue weighted by molar-refractivity contribution is 0.707. The molecule has 1 atom stereocenters. The third kappa shape index (κ3) is 5.62. The number of hydrogen-bond acceptors (Lipinski definition) is 2. The van der Waals surface area contributed by atoms with E-state index >= 15 is 0 Å². The van der Waals surface area contributed by atoms with E-state index in [1.165, 1.54) is 0 Å². The fourth-order valence-corrected chi connectivity index (χ4v) is 2.43. The Morgan fingerprint density at radius 2 is 2.09 bits per heavy atom. The summed E-state index contributed by atoms with van der Waals surface area (Å²) < 4.78 is 0. The molecule has 0 radical (unpaired) electrons. The maximum atomic E-state index is 6.17. The molecule has 0 saturated heterocycles. The van der Waals surface area contributed by atoms with Crippen molar-refractivity contribution in [2.45, 2.75) is 19.5 Å². The Hall–Kier alpha value is -1.05. The maximum absolute atomic E-state index is 6.17. The van der Waals surface area contributed by atoms with Crippen molar-refractivity contribution in [3.05, 3.63) is 63.9 Å². The average molecular weight is 451 g/mol. The van der Waals surface area contributed by atoms with Crippen LogP contribution in [0.1, 0.15) is 24.2 Å². The number of benzene rings is 1. The minimum absolute atomic E-state index is 0. The van der Waals surface area contributed by atoms with Gasteiger partial charge in [0.05, 0.1) is 18.3 Å². The number of nitrogens with one attached hydrogen (secondary N) is 1. The van der Waals surface area contributed by atoms with Crippen LogP contribution in [0.25, 0.3) is 0 Å². The molecule has 1 aromatic heterocycles. The molecule has 0 saturated carbocycles. The Bertz CT molecular complexity index is 635. The Labute approximate surface area is 157 Å². The van der Waals surface area contributed by atoms with Gasteiger partial charge in [-0.2, -0.15) is 0 Å². The molecule has 1 unspecified atom stereocenters. The molecular formula is C15H17Cl2IN4. The van der Waals surface area contributed by atoms with Gasteiger partial charge in [-0.15, -0.1) is 24.0 Å². The van der Waals surface area contributed by atoms with Crippen LogP contribution in [0, 0.1) is 0 Å². The predicted molar refractivity (Wildman–Crippen MR) is 103 cm³/mol. The molecule has 7 heteroatoms. The summed E-state index contributed by atoms with van der Waals surface area (Å²) in [5.74, 6) is 0.346. The SMILES string of the molecule is CC(NC(N)=NCc1ccccn1)c1ccc(Cl)cc1Cl.I. The molecular weight excluding hydrogens is 434 g/mol. The van der Waals surface area contributed by atoms with Gasteiger partial charge in [-0.3, -0.25) is 4.98 Å². The molecule has 118 valence electrons. The van der Waals surface area contributed by atoms with Crippen LogP contribution in [0.5, 0.6) is 0 Å². The second-order valence-corrected chi connectivity index (χ2v) is 5.40. The second kappa shape index (κ2) is 9.17. The molecule has 0 aliphatic carbocycles. The summed E-state index contributed by atoms with van der Waals surface area (Å²) in [6.07, 6.45) is 1.73. The number of guanidine groups is 1. The molecule has 3 N–H and O–H groups in total. The first-order valence-corrected chi connectivity index (χ1v) is 7.23. The zero-order valence-corrected chi connectivity index (χ0v) is 15.8. The van der Waals surface area contributed by atoms with Gasteiger partial charge in [0.2, 0.25) is 0 Å². The van der Waals surface area contributed by atoms with Crippen LogP contribution in [-0.4, -0.2) is 10.9 Å². The average Bonchev–Trinajstić information content (AvgIpc) is 2.46. The molecule has 4 nitrogen and oxygen atoms in total. The molecule has 0 bridgehead atoms. The van der Waals surface area contributed by atoms with Gasteiger partial charge in [-0.25, -0.2) is 4.99 Å². The van der Waals surface area contributed by atoms with Gasteiger partial charge < -0.3 is 11.1 Å². The number of pyridine rings is 1. The van der Waals surface area contributed by atoms with Crippen LogP contribution in [0.3, 0.4) is 0 Å². The predicted octanol–water partition coefficient (Wildman–Crippen LogP) is 4.17. The topological polar surface area (TPSA) is 63.3 Å². The van der Waals surface area contributed by atoms with Crippen molar-refractivity contribution < 1.29 is 0 Å². The Balaban J connectivity index is 0.00000242. The first-order valence-electron chi connectivity index (χ1n) is 6.47. The van der Waals surface area contributed by atoms with Crippen LogP contribution in [0.2, 0.25) is 10.0 Å². The summed E-state index contributed by atoms with van der Waals surface area (Å²) >= 11 is 12.1. The van der Waals surface area contributed by atoms with Crippen LogP contribution < -0.4 is 11.1 Å². The Morgan fingerprint density at radius 1 is 1.32 bits per heavy atom. The summed E-state index contributed by atoms with van der Waals surface area (Å²) in [5.41, 5.74) is 7.66. The highest BCUT2D eigenvalue weighted by atomic mass is 127. The first kappa shape index (κ1) is 19.0. The molecule has 0 aliphatic heterocycles. The highest BCUT2D eigenvalue weighted by Crippen LogP contribution is 2.25. The quantitative estimate of drug-likeness (QED) is 0.417. The van der Waals surface area contributed by atoms with Gasteiger partial charge in [0.1, 0.15) is 0 Å². The number of rotatable bonds is 4. The van der Waals surface area contributed by atoms with E-state index < -0.39 is 0 Å². The smallest absolute Gasteiger partial charge is 0.189 e. The van der Waals surface area contributed by atoms with Crippen molar-refractivity contribution in [3.63, 3.8) is 0 Å². The van der Waals surface area contributed by atoms with Gasteiger partial charge >= 0.3 is 0 Å². The molecule has 22 heavy (non-hydrogen) atoms. The monoisotopic (exact) mass is 450 g/mol. The third-order valence-electron chi connectivity index (χ3n) is 2.93. The molecule has 1 heterocycles.